The summed E-state index contributed by atoms with van der Waals surface area (Å²) < 4.78 is 5.48. The van der Waals surface area contributed by atoms with E-state index in [-0.39, 0.29) is 11.4 Å². The molecule has 0 fully saturated rings. The SMILES string of the molecule is Cc1ccc([N+](=O)[O-])cc1OC(C(=O)O)c1ccccc1. The third-order valence-corrected chi connectivity index (χ3v) is 2.95. The molecule has 6 heteroatoms. The summed E-state index contributed by atoms with van der Waals surface area (Å²) in [4.78, 5) is 21.6. The maximum Gasteiger partial charge on any atom is 0.349 e. The van der Waals surface area contributed by atoms with Crippen molar-refractivity contribution in [3.05, 3.63) is 69.8 Å². The molecule has 0 aliphatic heterocycles. The van der Waals surface area contributed by atoms with Crippen LogP contribution in [0.3, 0.4) is 0 Å². The number of nitro benzene ring substituents is 1. The summed E-state index contributed by atoms with van der Waals surface area (Å²) in [5.74, 6) is -0.979. The molecule has 0 aromatic heterocycles. The molecule has 2 aromatic rings. The molecule has 6 nitrogen and oxygen atoms in total. The van der Waals surface area contributed by atoms with E-state index < -0.39 is 17.0 Å². The Balaban J connectivity index is 2.36. The number of nitro groups is 1. The van der Waals surface area contributed by atoms with Crippen molar-refractivity contribution in [1.29, 1.82) is 0 Å². The van der Waals surface area contributed by atoms with Gasteiger partial charge in [-0.15, -0.1) is 0 Å². The van der Waals surface area contributed by atoms with Gasteiger partial charge in [0.15, 0.2) is 0 Å². The summed E-state index contributed by atoms with van der Waals surface area (Å²) in [5, 5.41) is 20.1. The van der Waals surface area contributed by atoms with Crippen molar-refractivity contribution in [3.63, 3.8) is 0 Å². The minimum absolute atomic E-state index is 0.146. The number of carbonyl (C=O) groups is 1. The van der Waals surface area contributed by atoms with Gasteiger partial charge in [0.2, 0.25) is 6.10 Å². The second-order valence-electron chi connectivity index (χ2n) is 4.45. The number of nitrogens with zero attached hydrogens (tertiary/aromatic N) is 1. The highest BCUT2D eigenvalue weighted by molar-refractivity contribution is 5.75. The van der Waals surface area contributed by atoms with Crippen molar-refractivity contribution in [1.82, 2.24) is 0 Å². The van der Waals surface area contributed by atoms with Crippen molar-refractivity contribution in [2.75, 3.05) is 0 Å². The van der Waals surface area contributed by atoms with E-state index in [1.54, 1.807) is 37.3 Å². The van der Waals surface area contributed by atoms with Crippen molar-refractivity contribution in [2.45, 2.75) is 13.0 Å². The molecular weight excluding hydrogens is 274 g/mol. The lowest BCUT2D eigenvalue weighted by Crippen LogP contribution is -2.18. The zero-order valence-corrected chi connectivity index (χ0v) is 11.2. The fraction of sp³-hybridized carbons (Fsp3) is 0.133. The van der Waals surface area contributed by atoms with Crippen LogP contribution < -0.4 is 4.74 Å². The summed E-state index contributed by atoms with van der Waals surface area (Å²) in [6.07, 6.45) is -1.22. The van der Waals surface area contributed by atoms with Crippen LogP contribution in [-0.2, 0) is 4.79 Å². The van der Waals surface area contributed by atoms with Gasteiger partial charge in [0, 0.05) is 11.6 Å². The highest BCUT2D eigenvalue weighted by atomic mass is 16.6. The summed E-state index contributed by atoms with van der Waals surface area (Å²) in [7, 11) is 0. The van der Waals surface area contributed by atoms with Crippen LogP contribution in [0.15, 0.2) is 48.5 Å². The smallest absolute Gasteiger partial charge is 0.349 e. The number of carboxylic acids is 1. The van der Waals surface area contributed by atoms with E-state index in [0.717, 1.165) is 0 Å². The second-order valence-corrected chi connectivity index (χ2v) is 4.45. The maximum atomic E-state index is 11.4. The van der Waals surface area contributed by atoms with Crippen LogP contribution in [0.2, 0.25) is 0 Å². The summed E-state index contributed by atoms with van der Waals surface area (Å²) >= 11 is 0. The van der Waals surface area contributed by atoms with E-state index in [2.05, 4.69) is 0 Å². The topological polar surface area (TPSA) is 89.7 Å². The number of benzene rings is 2. The van der Waals surface area contributed by atoms with E-state index in [4.69, 9.17) is 4.74 Å². The number of ether oxygens (including phenoxy) is 1. The van der Waals surface area contributed by atoms with E-state index in [1.807, 2.05) is 0 Å². The maximum absolute atomic E-state index is 11.4. The first kappa shape index (κ1) is 14.5. The molecule has 1 N–H and O–H groups in total. The van der Waals surface area contributed by atoms with E-state index in [1.165, 1.54) is 18.2 Å². The third kappa shape index (κ3) is 3.36. The highest BCUT2D eigenvalue weighted by Gasteiger charge is 2.23. The Morgan fingerprint density at radius 3 is 2.48 bits per heavy atom. The van der Waals surface area contributed by atoms with Crippen LogP contribution in [0.4, 0.5) is 5.69 Å². The molecular formula is C15H13NO5. The summed E-state index contributed by atoms with van der Waals surface area (Å²) in [5.41, 5.74) is 0.950. The number of carboxylic acid groups (broad SMARTS) is 1. The summed E-state index contributed by atoms with van der Waals surface area (Å²) in [6.45, 7) is 1.70. The number of hydrogen-bond donors (Lipinski definition) is 1. The Morgan fingerprint density at radius 1 is 1.24 bits per heavy atom. The Morgan fingerprint density at radius 2 is 1.90 bits per heavy atom. The predicted octanol–water partition coefficient (Wildman–Crippen LogP) is 3.11. The monoisotopic (exact) mass is 287 g/mol. The predicted molar refractivity (Wildman–Crippen MR) is 75.3 cm³/mol. The van der Waals surface area contributed by atoms with Crippen LogP contribution in [0.1, 0.15) is 17.2 Å². The van der Waals surface area contributed by atoms with Crippen LogP contribution in [-0.4, -0.2) is 16.0 Å². The van der Waals surface area contributed by atoms with E-state index >= 15 is 0 Å². The average molecular weight is 287 g/mol. The lowest BCUT2D eigenvalue weighted by Gasteiger charge is -2.16. The minimum Gasteiger partial charge on any atom is -0.478 e. The average Bonchev–Trinajstić information content (AvgIpc) is 2.46. The largest absolute Gasteiger partial charge is 0.478 e. The molecule has 2 rings (SSSR count). The first-order chi connectivity index (χ1) is 9.99. The standard InChI is InChI=1S/C15H13NO5/c1-10-7-8-12(16(19)20)9-13(10)21-14(15(17)18)11-5-3-2-4-6-11/h2-9,14H,1H3,(H,17,18). The molecule has 2 aromatic carbocycles. The fourth-order valence-corrected chi connectivity index (χ4v) is 1.85. The summed E-state index contributed by atoms with van der Waals surface area (Å²) in [6, 6.07) is 12.5. The number of non-ortho nitro benzene ring substituents is 1. The quantitative estimate of drug-likeness (QED) is 0.674. The van der Waals surface area contributed by atoms with Gasteiger partial charge in [-0.2, -0.15) is 0 Å². The molecule has 1 atom stereocenters. The first-order valence-corrected chi connectivity index (χ1v) is 6.18. The minimum atomic E-state index is -1.22. The molecule has 0 aliphatic carbocycles. The molecule has 108 valence electrons. The Bertz CT molecular complexity index is 669. The van der Waals surface area contributed by atoms with Gasteiger partial charge in [-0.1, -0.05) is 30.3 Å². The number of aliphatic carboxylic acids is 1. The molecule has 0 aliphatic rings. The van der Waals surface area contributed by atoms with Gasteiger partial charge in [-0.25, -0.2) is 4.79 Å². The van der Waals surface area contributed by atoms with Gasteiger partial charge in [-0.3, -0.25) is 10.1 Å². The van der Waals surface area contributed by atoms with Gasteiger partial charge in [0.1, 0.15) is 5.75 Å². The van der Waals surface area contributed by atoms with Crippen molar-refractivity contribution >= 4 is 11.7 Å². The lowest BCUT2D eigenvalue weighted by atomic mass is 10.1. The van der Waals surface area contributed by atoms with E-state index in [9.17, 15) is 20.0 Å². The van der Waals surface area contributed by atoms with Crippen molar-refractivity contribution in [3.8, 4) is 5.75 Å². The number of rotatable bonds is 5. The molecule has 0 saturated heterocycles. The Hall–Kier alpha value is -2.89. The van der Waals surface area contributed by atoms with Gasteiger partial charge in [0.05, 0.1) is 11.0 Å². The molecule has 0 heterocycles. The van der Waals surface area contributed by atoms with Crippen LogP contribution in [0.5, 0.6) is 5.75 Å². The van der Waals surface area contributed by atoms with Crippen LogP contribution in [0.25, 0.3) is 0 Å². The zero-order chi connectivity index (χ0) is 15.4. The van der Waals surface area contributed by atoms with Crippen LogP contribution in [0, 0.1) is 17.0 Å². The lowest BCUT2D eigenvalue weighted by molar-refractivity contribution is -0.385. The number of hydrogen-bond acceptors (Lipinski definition) is 4. The molecule has 0 bridgehead atoms. The molecule has 21 heavy (non-hydrogen) atoms. The Labute approximate surface area is 120 Å². The molecule has 0 saturated carbocycles. The third-order valence-electron chi connectivity index (χ3n) is 2.95. The van der Waals surface area contributed by atoms with E-state index in [0.29, 0.717) is 11.1 Å². The number of aryl methyl sites for hydroxylation is 1. The molecule has 1 unspecified atom stereocenters. The van der Waals surface area contributed by atoms with Gasteiger partial charge in [-0.05, 0) is 18.6 Å². The highest BCUT2D eigenvalue weighted by Crippen LogP contribution is 2.29. The van der Waals surface area contributed by atoms with Gasteiger partial charge in [0.25, 0.3) is 5.69 Å². The zero-order valence-electron chi connectivity index (χ0n) is 11.2. The van der Waals surface area contributed by atoms with Gasteiger partial charge >= 0.3 is 5.97 Å². The molecule has 0 radical (unpaired) electrons. The second kappa shape index (κ2) is 6.04. The molecule has 0 spiro atoms. The van der Waals surface area contributed by atoms with Crippen molar-refractivity contribution in [2.24, 2.45) is 0 Å². The fourth-order valence-electron chi connectivity index (χ4n) is 1.85. The van der Waals surface area contributed by atoms with Crippen molar-refractivity contribution < 1.29 is 19.6 Å². The van der Waals surface area contributed by atoms with Crippen LogP contribution >= 0.6 is 0 Å². The normalized spacial score (nSPS) is 11.7. The molecule has 0 amide bonds. The Kier molecular flexibility index (Phi) is 4.18. The van der Waals surface area contributed by atoms with Gasteiger partial charge < -0.3 is 9.84 Å². The first-order valence-electron chi connectivity index (χ1n) is 6.18.